The molecule has 1 rings (SSSR count). The Kier molecular flexibility index (Phi) is 2.04. The molecule has 0 atom stereocenters. The van der Waals surface area contributed by atoms with Crippen LogP contribution in [0.3, 0.4) is 0 Å². The third-order valence-corrected chi connectivity index (χ3v) is 1.75. The molecule has 2 nitrogen and oxygen atoms in total. The van der Waals surface area contributed by atoms with Gasteiger partial charge >= 0.3 is 0 Å². The van der Waals surface area contributed by atoms with Crippen LogP contribution in [-0.4, -0.2) is 4.98 Å². The van der Waals surface area contributed by atoms with Crippen LogP contribution in [0.1, 0.15) is 25.1 Å². The van der Waals surface area contributed by atoms with Crippen LogP contribution in [0.15, 0.2) is 12.3 Å². The smallest absolute Gasteiger partial charge is 0.147 e. The molecular weight excluding hydrogens is 155 g/mol. The maximum Gasteiger partial charge on any atom is 0.147 e. The van der Waals surface area contributed by atoms with Gasteiger partial charge in [-0.05, 0) is 32.4 Å². The normalized spacial score (nSPS) is 11.7. The molecule has 3 heteroatoms. The summed E-state index contributed by atoms with van der Waals surface area (Å²) in [5, 5.41) is 0. The molecule has 1 aromatic rings. The summed E-state index contributed by atoms with van der Waals surface area (Å²) in [7, 11) is 0. The molecule has 0 aliphatic carbocycles. The third-order valence-electron chi connectivity index (χ3n) is 1.75. The first kappa shape index (κ1) is 8.97. The lowest BCUT2D eigenvalue weighted by Crippen LogP contribution is -2.12. The van der Waals surface area contributed by atoms with Crippen molar-refractivity contribution in [1.29, 1.82) is 0 Å². The number of aromatic nitrogens is 1. The lowest BCUT2D eigenvalue weighted by atomic mass is 10.1. The zero-order chi connectivity index (χ0) is 9.35. The molecule has 0 aromatic carbocycles. The van der Waals surface area contributed by atoms with Crippen molar-refractivity contribution in [3.05, 3.63) is 23.5 Å². The molecule has 0 amide bonds. The van der Waals surface area contributed by atoms with Crippen molar-refractivity contribution in [3.63, 3.8) is 0 Å². The van der Waals surface area contributed by atoms with Gasteiger partial charge in [0.2, 0.25) is 0 Å². The Morgan fingerprint density at radius 2 is 2.08 bits per heavy atom. The number of anilines is 1. The first-order chi connectivity index (χ1) is 5.41. The number of nitrogens with two attached hydrogens (primary N) is 1. The molecular formula is C9H13FN2. The number of nitrogen functional groups attached to an aromatic ring is 1. The largest absolute Gasteiger partial charge is 0.398 e. The average Bonchev–Trinajstić information content (AvgIpc) is 1.92. The van der Waals surface area contributed by atoms with Crippen LogP contribution in [0.2, 0.25) is 0 Å². The van der Waals surface area contributed by atoms with Gasteiger partial charge in [-0.3, -0.25) is 4.98 Å². The zero-order valence-electron chi connectivity index (χ0n) is 7.56. The summed E-state index contributed by atoms with van der Waals surface area (Å²) in [6.07, 6.45) is 1.59. The number of hydrogen-bond donors (Lipinski definition) is 1. The van der Waals surface area contributed by atoms with E-state index in [9.17, 15) is 4.39 Å². The van der Waals surface area contributed by atoms with E-state index in [1.165, 1.54) is 13.8 Å². The Labute approximate surface area is 71.6 Å². The summed E-state index contributed by atoms with van der Waals surface area (Å²) in [6, 6.07) is 1.58. The van der Waals surface area contributed by atoms with Crippen molar-refractivity contribution in [2.45, 2.75) is 26.4 Å². The molecule has 0 bridgehead atoms. The van der Waals surface area contributed by atoms with Gasteiger partial charge in [0, 0.05) is 11.9 Å². The number of aryl methyl sites for hydroxylation is 1. The first-order valence-electron chi connectivity index (χ1n) is 3.83. The van der Waals surface area contributed by atoms with Crippen molar-refractivity contribution in [3.8, 4) is 0 Å². The second-order valence-electron chi connectivity index (χ2n) is 3.40. The van der Waals surface area contributed by atoms with E-state index in [1.54, 1.807) is 12.3 Å². The van der Waals surface area contributed by atoms with E-state index in [-0.39, 0.29) is 0 Å². The molecule has 0 unspecified atom stereocenters. The molecule has 0 fully saturated rings. The lowest BCUT2D eigenvalue weighted by molar-refractivity contribution is 0.214. The van der Waals surface area contributed by atoms with E-state index in [0.29, 0.717) is 11.4 Å². The number of rotatable bonds is 1. The minimum absolute atomic E-state index is 0.380. The molecule has 0 saturated heterocycles. The second kappa shape index (κ2) is 2.73. The summed E-state index contributed by atoms with van der Waals surface area (Å²) < 4.78 is 13.3. The fraction of sp³-hybridized carbons (Fsp3) is 0.444. The SMILES string of the molecule is Cc1cnc(C(C)(C)F)cc1N. The molecule has 0 aliphatic rings. The maximum atomic E-state index is 13.3. The van der Waals surface area contributed by atoms with Crippen LogP contribution >= 0.6 is 0 Å². The van der Waals surface area contributed by atoms with E-state index in [1.807, 2.05) is 6.92 Å². The number of alkyl halides is 1. The van der Waals surface area contributed by atoms with E-state index >= 15 is 0 Å². The van der Waals surface area contributed by atoms with Gasteiger partial charge in [0.15, 0.2) is 0 Å². The Bertz CT molecular complexity index is 289. The van der Waals surface area contributed by atoms with Crippen LogP contribution in [0.4, 0.5) is 10.1 Å². The quantitative estimate of drug-likeness (QED) is 0.698. The highest BCUT2D eigenvalue weighted by atomic mass is 19.1. The van der Waals surface area contributed by atoms with Crippen molar-refractivity contribution < 1.29 is 4.39 Å². The highest BCUT2D eigenvalue weighted by Crippen LogP contribution is 2.24. The monoisotopic (exact) mass is 168 g/mol. The van der Waals surface area contributed by atoms with Crippen molar-refractivity contribution in [2.24, 2.45) is 0 Å². The minimum atomic E-state index is -1.41. The van der Waals surface area contributed by atoms with E-state index in [4.69, 9.17) is 5.73 Å². The number of pyridine rings is 1. The first-order valence-corrected chi connectivity index (χ1v) is 3.83. The Morgan fingerprint density at radius 1 is 1.50 bits per heavy atom. The molecule has 0 saturated carbocycles. The Hall–Kier alpha value is -1.12. The van der Waals surface area contributed by atoms with Gasteiger partial charge in [-0.1, -0.05) is 0 Å². The summed E-state index contributed by atoms with van der Waals surface area (Å²) in [5.74, 6) is 0. The van der Waals surface area contributed by atoms with Gasteiger partial charge in [0.1, 0.15) is 5.67 Å². The predicted molar refractivity (Wildman–Crippen MR) is 47.5 cm³/mol. The third kappa shape index (κ3) is 1.72. The fourth-order valence-electron chi connectivity index (χ4n) is 0.864. The highest BCUT2D eigenvalue weighted by molar-refractivity contribution is 5.46. The van der Waals surface area contributed by atoms with Gasteiger partial charge in [0.05, 0.1) is 5.69 Å². The lowest BCUT2D eigenvalue weighted by Gasteiger charge is -2.14. The van der Waals surface area contributed by atoms with E-state index in [0.717, 1.165) is 5.56 Å². The predicted octanol–water partition coefficient (Wildman–Crippen LogP) is 2.18. The van der Waals surface area contributed by atoms with Crippen LogP contribution in [0, 0.1) is 6.92 Å². The second-order valence-corrected chi connectivity index (χ2v) is 3.40. The minimum Gasteiger partial charge on any atom is -0.398 e. The van der Waals surface area contributed by atoms with Crippen molar-refractivity contribution >= 4 is 5.69 Å². The molecule has 66 valence electrons. The summed E-state index contributed by atoms with van der Waals surface area (Å²) in [6.45, 7) is 4.77. The highest BCUT2D eigenvalue weighted by Gasteiger charge is 2.20. The van der Waals surface area contributed by atoms with Gasteiger partial charge in [0.25, 0.3) is 0 Å². The van der Waals surface area contributed by atoms with Crippen LogP contribution in [-0.2, 0) is 5.67 Å². The molecule has 1 aromatic heterocycles. The summed E-state index contributed by atoms with van der Waals surface area (Å²) in [4.78, 5) is 3.96. The van der Waals surface area contributed by atoms with Crippen molar-refractivity contribution in [1.82, 2.24) is 4.98 Å². The standard InChI is InChI=1S/C9H13FN2/c1-6-5-12-8(4-7(6)11)9(2,3)10/h4-5H,1-3H3,(H2,11,12). The summed E-state index contributed by atoms with van der Waals surface area (Å²) in [5.41, 5.74) is 6.04. The topological polar surface area (TPSA) is 38.9 Å². The molecule has 0 radical (unpaired) electrons. The molecule has 1 heterocycles. The molecule has 2 N–H and O–H groups in total. The molecule has 0 spiro atoms. The van der Waals surface area contributed by atoms with E-state index in [2.05, 4.69) is 4.98 Å². The zero-order valence-corrected chi connectivity index (χ0v) is 7.56. The molecule has 0 aliphatic heterocycles. The van der Waals surface area contributed by atoms with Gasteiger partial charge in [-0.15, -0.1) is 0 Å². The van der Waals surface area contributed by atoms with Crippen LogP contribution < -0.4 is 5.73 Å². The van der Waals surface area contributed by atoms with E-state index < -0.39 is 5.67 Å². The van der Waals surface area contributed by atoms with Crippen molar-refractivity contribution in [2.75, 3.05) is 5.73 Å². The average molecular weight is 168 g/mol. The number of nitrogens with zero attached hydrogens (tertiary/aromatic N) is 1. The Morgan fingerprint density at radius 3 is 2.50 bits per heavy atom. The molecule has 12 heavy (non-hydrogen) atoms. The number of halogens is 1. The van der Waals surface area contributed by atoms with Gasteiger partial charge < -0.3 is 5.73 Å². The number of hydrogen-bond acceptors (Lipinski definition) is 2. The Balaban J connectivity index is 3.14. The fourth-order valence-corrected chi connectivity index (χ4v) is 0.864. The van der Waals surface area contributed by atoms with Crippen LogP contribution in [0.5, 0.6) is 0 Å². The van der Waals surface area contributed by atoms with Crippen LogP contribution in [0.25, 0.3) is 0 Å². The maximum absolute atomic E-state index is 13.3. The van der Waals surface area contributed by atoms with Gasteiger partial charge in [-0.2, -0.15) is 0 Å². The van der Waals surface area contributed by atoms with Gasteiger partial charge in [-0.25, -0.2) is 4.39 Å². The summed E-state index contributed by atoms with van der Waals surface area (Å²) >= 11 is 0.